The predicted molar refractivity (Wildman–Crippen MR) is 157 cm³/mol. The van der Waals surface area contributed by atoms with Gasteiger partial charge in [-0.15, -0.1) is 0 Å². The zero-order valence-electron chi connectivity index (χ0n) is 23.5. The van der Waals surface area contributed by atoms with Crippen molar-refractivity contribution < 1.29 is 37.0 Å². The van der Waals surface area contributed by atoms with Gasteiger partial charge in [-0.05, 0) is 66.6 Å². The average Bonchev–Trinajstić information content (AvgIpc) is 3.50. The van der Waals surface area contributed by atoms with E-state index in [1.54, 1.807) is 43.3 Å². The van der Waals surface area contributed by atoms with Gasteiger partial charge in [0.25, 0.3) is 5.91 Å². The van der Waals surface area contributed by atoms with Crippen LogP contribution in [0.4, 0.5) is 0 Å². The first-order valence-corrected chi connectivity index (χ1v) is 15.5. The highest BCUT2D eigenvalue weighted by atomic mass is 35.5. The van der Waals surface area contributed by atoms with Gasteiger partial charge in [0.15, 0.2) is 18.1 Å². The first kappa shape index (κ1) is 30.6. The van der Waals surface area contributed by atoms with Gasteiger partial charge < -0.3 is 29.2 Å². The summed E-state index contributed by atoms with van der Waals surface area (Å²) in [6.45, 7) is 3.12. The molecule has 0 aromatic heterocycles. The van der Waals surface area contributed by atoms with E-state index in [4.69, 9.17) is 30.5 Å². The molecule has 3 aromatic carbocycles. The Morgan fingerprint density at radius 2 is 1.65 bits per heavy atom. The van der Waals surface area contributed by atoms with Gasteiger partial charge >= 0.3 is 0 Å². The quantitative estimate of drug-likeness (QED) is 0.343. The van der Waals surface area contributed by atoms with Gasteiger partial charge in [0.05, 0.1) is 18.1 Å². The fraction of sp³-hybridized carbons (Fsp3) is 0.333. The highest BCUT2D eigenvalue weighted by Crippen LogP contribution is 2.32. The number of fused-ring (bicyclic) bond motifs is 1. The van der Waals surface area contributed by atoms with E-state index < -0.39 is 22.0 Å². The molecule has 1 atom stereocenters. The van der Waals surface area contributed by atoms with Crippen LogP contribution in [0, 0.1) is 0 Å². The SMILES string of the molecule is CC(C(=O)NCc1ccc2c(c1)OCO2)N(Cc1ccc(Cl)cc1)C(=O)COc1ccc(S(=O)(=O)N2CCOCC2)cc1. The van der Waals surface area contributed by atoms with Gasteiger partial charge in [-0.2, -0.15) is 4.31 Å². The number of carbonyl (C=O) groups is 2. The van der Waals surface area contributed by atoms with Crippen molar-refractivity contribution in [2.24, 2.45) is 0 Å². The number of benzene rings is 3. The number of nitrogens with one attached hydrogen (secondary N) is 1. The monoisotopic (exact) mass is 629 g/mol. The molecule has 2 heterocycles. The number of hydrogen-bond donors (Lipinski definition) is 1. The molecule has 11 nitrogen and oxygen atoms in total. The molecule has 228 valence electrons. The first-order valence-electron chi connectivity index (χ1n) is 13.7. The van der Waals surface area contributed by atoms with Crippen LogP contribution in [-0.4, -0.2) is 75.2 Å². The summed E-state index contributed by atoms with van der Waals surface area (Å²) in [5.41, 5.74) is 1.61. The Labute approximate surface area is 255 Å². The van der Waals surface area contributed by atoms with Gasteiger partial charge in [0, 0.05) is 31.2 Å². The van der Waals surface area contributed by atoms with Crippen LogP contribution < -0.4 is 19.5 Å². The Bertz CT molecular complexity index is 1540. The summed E-state index contributed by atoms with van der Waals surface area (Å²) >= 11 is 6.03. The molecule has 2 aliphatic rings. The second-order valence-corrected chi connectivity index (χ2v) is 12.4. The van der Waals surface area contributed by atoms with E-state index >= 15 is 0 Å². The maximum Gasteiger partial charge on any atom is 0.261 e. The van der Waals surface area contributed by atoms with Crippen LogP contribution in [0.5, 0.6) is 17.2 Å². The number of ether oxygens (including phenoxy) is 4. The molecular weight excluding hydrogens is 598 g/mol. The lowest BCUT2D eigenvalue weighted by molar-refractivity contribution is -0.142. The number of nitrogens with zero attached hydrogens (tertiary/aromatic N) is 2. The van der Waals surface area contributed by atoms with E-state index in [-0.39, 0.29) is 37.3 Å². The summed E-state index contributed by atoms with van der Waals surface area (Å²) < 4.78 is 48.9. The Hall–Kier alpha value is -3.84. The number of amides is 2. The minimum Gasteiger partial charge on any atom is -0.484 e. The molecule has 1 unspecified atom stereocenters. The number of halogens is 1. The normalized spacial score (nSPS) is 15.5. The smallest absolute Gasteiger partial charge is 0.261 e. The lowest BCUT2D eigenvalue weighted by Crippen LogP contribution is -2.48. The maximum atomic E-state index is 13.4. The van der Waals surface area contributed by atoms with Crippen LogP contribution in [0.1, 0.15) is 18.1 Å². The zero-order chi connectivity index (χ0) is 30.4. The molecule has 43 heavy (non-hydrogen) atoms. The molecular formula is C30H32ClN3O8S. The van der Waals surface area contributed by atoms with E-state index in [2.05, 4.69) is 5.32 Å². The van der Waals surface area contributed by atoms with E-state index in [1.807, 2.05) is 6.07 Å². The van der Waals surface area contributed by atoms with E-state index in [1.165, 1.54) is 33.5 Å². The van der Waals surface area contributed by atoms with Gasteiger partial charge in [0.2, 0.25) is 22.7 Å². The molecule has 0 spiro atoms. The van der Waals surface area contributed by atoms with Crippen molar-refractivity contribution in [2.45, 2.75) is 31.0 Å². The maximum absolute atomic E-state index is 13.4. The fourth-order valence-corrected chi connectivity index (χ4v) is 6.16. The molecule has 1 N–H and O–H groups in total. The first-order chi connectivity index (χ1) is 20.7. The highest BCUT2D eigenvalue weighted by Gasteiger charge is 2.28. The van der Waals surface area contributed by atoms with E-state index in [0.29, 0.717) is 48.6 Å². The molecule has 5 rings (SSSR count). The fourth-order valence-electron chi connectivity index (χ4n) is 4.63. The van der Waals surface area contributed by atoms with Gasteiger partial charge in [-0.25, -0.2) is 8.42 Å². The summed E-state index contributed by atoms with van der Waals surface area (Å²) in [6.07, 6.45) is 0. The zero-order valence-corrected chi connectivity index (χ0v) is 25.1. The molecule has 1 saturated heterocycles. The lowest BCUT2D eigenvalue weighted by Gasteiger charge is -2.29. The molecule has 0 aliphatic carbocycles. The summed E-state index contributed by atoms with van der Waals surface area (Å²) in [5.74, 6) is 0.809. The van der Waals surface area contributed by atoms with Crippen LogP contribution >= 0.6 is 11.6 Å². The van der Waals surface area contributed by atoms with Crippen molar-refractivity contribution in [3.63, 3.8) is 0 Å². The van der Waals surface area contributed by atoms with Crippen LogP contribution in [0.2, 0.25) is 5.02 Å². The summed E-state index contributed by atoms with van der Waals surface area (Å²) in [4.78, 5) is 28.2. The van der Waals surface area contributed by atoms with Crippen LogP contribution in [0.3, 0.4) is 0 Å². The van der Waals surface area contributed by atoms with Crippen molar-refractivity contribution in [3.8, 4) is 17.2 Å². The van der Waals surface area contributed by atoms with Crippen molar-refractivity contribution in [3.05, 3.63) is 82.9 Å². The molecule has 2 aliphatic heterocycles. The minimum atomic E-state index is -3.66. The van der Waals surface area contributed by atoms with Crippen molar-refractivity contribution in [1.29, 1.82) is 0 Å². The molecule has 13 heteroatoms. The van der Waals surface area contributed by atoms with Gasteiger partial charge in [0.1, 0.15) is 11.8 Å². The highest BCUT2D eigenvalue weighted by molar-refractivity contribution is 7.89. The number of rotatable bonds is 11. The molecule has 1 fully saturated rings. The van der Waals surface area contributed by atoms with Gasteiger partial charge in [-0.3, -0.25) is 9.59 Å². The topological polar surface area (TPSA) is 124 Å². The standard InChI is InChI=1S/C30H32ClN3O8S/c1-21(30(36)32-17-23-4-11-27-28(16-23)42-20-41-27)34(18-22-2-5-24(31)6-3-22)29(35)19-40-25-7-9-26(10-8-25)43(37,38)33-12-14-39-15-13-33/h2-11,16,21H,12-15,17-20H2,1H3,(H,32,36). The second-order valence-electron chi connectivity index (χ2n) is 10.0. The van der Waals surface area contributed by atoms with Crippen molar-refractivity contribution in [2.75, 3.05) is 39.7 Å². The van der Waals surface area contributed by atoms with Crippen molar-refractivity contribution >= 4 is 33.4 Å². The third-order valence-corrected chi connectivity index (χ3v) is 9.30. The number of hydrogen-bond acceptors (Lipinski definition) is 8. The second kappa shape index (κ2) is 13.6. The van der Waals surface area contributed by atoms with E-state index in [9.17, 15) is 18.0 Å². The number of sulfonamides is 1. The van der Waals surface area contributed by atoms with Crippen molar-refractivity contribution in [1.82, 2.24) is 14.5 Å². The Morgan fingerprint density at radius 1 is 0.977 bits per heavy atom. The molecule has 0 bridgehead atoms. The molecule has 0 saturated carbocycles. The van der Waals surface area contributed by atoms with Crippen LogP contribution in [-0.2, 0) is 37.4 Å². The largest absolute Gasteiger partial charge is 0.484 e. The molecule has 0 radical (unpaired) electrons. The predicted octanol–water partition coefficient (Wildman–Crippen LogP) is 3.20. The lowest BCUT2D eigenvalue weighted by atomic mass is 10.1. The Kier molecular flexibility index (Phi) is 9.71. The summed E-state index contributed by atoms with van der Waals surface area (Å²) in [5, 5.41) is 3.44. The third kappa shape index (κ3) is 7.57. The average molecular weight is 630 g/mol. The molecule has 2 amide bonds. The Morgan fingerprint density at radius 3 is 2.37 bits per heavy atom. The Balaban J connectivity index is 1.23. The molecule has 3 aromatic rings. The van der Waals surface area contributed by atoms with Gasteiger partial charge in [-0.1, -0.05) is 29.8 Å². The number of carbonyl (C=O) groups excluding carboxylic acids is 2. The van der Waals surface area contributed by atoms with E-state index in [0.717, 1.165) is 11.1 Å². The summed E-state index contributed by atoms with van der Waals surface area (Å²) in [7, 11) is -3.66. The third-order valence-electron chi connectivity index (χ3n) is 7.13. The van der Waals surface area contributed by atoms with Crippen LogP contribution in [0.25, 0.3) is 0 Å². The summed E-state index contributed by atoms with van der Waals surface area (Å²) in [6, 6.07) is 17.5. The van der Waals surface area contributed by atoms with Crippen LogP contribution in [0.15, 0.2) is 71.6 Å². The minimum absolute atomic E-state index is 0.130. The number of morpholine rings is 1.